The molecule has 21 heavy (non-hydrogen) atoms. The van der Waals surface area contributed by atoms with E-state index in [9.17, 15) is 18.3 Å². The van der Waals surface area contributed by atoms with Crippen molar-refractivity contribution >= 4 is 15.8 Å². The third kappa shape index (κ3) is 5.13. The van der Waals surface area contributed by atoms with Crippen LogP contribution in [0.25, 0.3) is 0 Å². The molecule has 0 aromatic heterocycles. The van der Waals surface area contributed by atoms with Gasteiger partial charge in [0.15, 0.2) is 6.10 Å². The molecule has 1 aromatic rings. The Morgan fingerprint density at radius 3 is 2.24 bits per heavy atom. The minimum Gasteiger partial charge on any atom is -0.464 e. The van der Waals surface area contributed by atoms with Crippen LogP contribution in [0, 0.1) is 0 Å². The van der Waals surface area contributed by atoms with E-state index in [2.05, 4.69) is 0 Å². The largest absolute Gasteiger partial charge is 0.464 e. The first-order chi connectivity index (χ1) is 9.57. The molecule has 118 valence electrons. The van der Waals surface area contributed by atoms with Gasteiger partial charge in [0.2, 0.25) is 0 Å². The molecule has 1 unspecified atom stereocenters. The quantitative estimate of drug-likeness (QED) is 0.807. The van der Waals surface area contributed by atoms with E-state index in [-0.39, 0.29) is 12.4 Å². The van der Waals surface area contributed by atoms with Crippen molar-refractivity contribution in [3.63, 3.8) is 0 Å². The number of aliphatic hydroxyl groups is 1. The summed E-state index contributed by atoms with van der Waals surface area (Å²) in [6, 6.07) is 6.67. The van der Waals surface area contributed by atoms with Gasteiger partial charge >= 0.3 is 5.97 Å². The highest BCUT2D eigenvalue weighted by Gasteiger charge is 2.26. The lowest BCUT2D eigenvalue weighted by Crippen LogP contribution is -2.27. The van der Waals surface area contributed by atoms with Gasteiger partial charge in [0.25, 0.3) is 0 Å². The molecule has 1 rings (SSSR count). The highest BCUT2D eigenvalue weighted by Crippen LogP contribution is 2.26. The van der Waals surface area contributed by atoms with E-state index in [4.69, 9.17) is 4.74 Å². The summed E-state index contributed by atoms with van der Waals surface area (Å²) in [6.45, 7) is 5.55. The number of sulfone groups is 1. The monoisotopic (exact) mass is 314 g/mol. The summed E-state index contributed by atoms with van der Waals surface area (Å²) in [5.74, 6) is -0.666. The molecule has 6 heteroatoms. The second kappa shape index (κ2) is 6.58. The molecule has 1 atom stereocenters. The Bertz CT molecular complexity index is 587. The molecular weight excluding hydrogens is 292 g/mol. The molecule has 0 heterocycles. The molecule has 0 spiro atoms. The van der Waals surface area contributed by atoms with Crippen molar-refractivity contribution in [2.24, 2.45) is 0 Å². The van der Waals surface area contributed by atoms with Crippen molar-refractivity contribution in [1.82, 2.24) is 0 Å². The summed E-state index contributed by atoms with van der Waals surface area (Å²) in [5.41, 5.74) is 0.709. The van der Waals surface area contributed by atoms with Crippen LogP contribution in [0.3, 0.4) is 0 Å². The maximum atomic E-state index is 11.5. The van der Waals surface area contributed by atoms with Gasteiger partial charge in [0.05, 0.1) is 12.4 Å². The van der Waals surface area contributed by atoms with Gasteiger partial charge in [-0.25, -0.2) is 13.2 Å². The van der Waals surface area contributed by atoms with Crippen LogP contribution in [0.2, 0.25) is 0 Å². The summed E-state index contributed by atoms with van der Waals surface area (Å²) < 4.78 is 27.7. The molecular formula is C15H22O5S. The molecule has 0 aliphatic rings. The summed E-state index contributed by atoms with van der Waals surface area (Å²) >= 11 is 0. The van der Waals surface area contributed by atoms with Gasteiger partial charge < -0.3 is 9.84 Å². The van der Waals surface area contributed by atoms with Crippen LogP contribution in [0.15, 0.2) is 24.3 Å². The van der Waals surface area contributed by atoms with Crippen LogP contribution in [-0.4, -0.2) is 38.1 Å². The Morgan fingerprint density at radius 2 is 1.81 bits per heavy atom. The van der Waals surface area contributed by atoms with E-state index in [0.717, 1.165) is 5.56 Å². The zero-order valence-electron chi connectivity index (χ0n) is 12.8. The maximum Gasteiger partial charge on any atom is 0.339 e. The van der Waals surface area contributed by atoms with Crippen LogP contribution >= 0.6 is 0 Å². The highest BCUT2D eigenvalue weighted by molar-refractivity contribution is 7.90. The minimum absolute atomic E-state index is 0.0276. The van der Waals surface area contributed by atoms with Crippen molar-refractivity contribution in [1.29, 1.82) is 0 Å². The Hall–Kier alpha value is -1.40. The normalized spacial score (nSPS) is 13.8. The minimum atomic E-state index is -3.10. The number of rotatable bonds is 6. The lowest BCUT2D eigenvalue weighted by Gasteiger charge is -2.24. The molecule has 0 bridgehead atoms. The maximum absolute atomic E-state index is 11.5. The molecule has 0 aliphatic heterocycles. The van der Waals surface area contributed by atoms with Gasteiger partial charge in [-0.2, -0.15) is 0 Å². The highest BCUT2D eigenvalue weighted by atomic mass is 32.2. The zero-order chi connectivity index (χ0) is 16.3. The van der Waals surface area contributed by atoms with E-state index in [1.165, 1.54) is 6.26 Å². The van der Waals surface area contributed by atoms with Crippen LogP contribution in [-0.2, 0) is 24.8 Å². The number of hydrogen-bond acceptors (Lipinski definition) is 5. The van der Waals surface area contributed by atoms with Gasteiger partial charge in [-0.1, -0.05) is 38.1 Å². The van der Waals surface area contributed by atoms with Crippen LogP contribution < -0.4 is 0 Å². The predicted octanol–water partition coefficient (Wildman–Crippen LogP) is 1.61. The van der Waals surface area contributed by atoms with E-state index in [1.54, 1.807) is 31.2 Å². The fourth-order valence-corrected chi connectivity index (χ4v) is 3.69. The number of hydrogen-bond donors (Lipinski definition) is 1. The Morgan fingerprint density at radius 1 is 1.29 bits per heavy atom. The Balaban J connectivity index is 2.94. The summed E-state index contributed by atoms with van der Waals surface area (Å²) in [6.07, 6.45) is -0.120. The third-order valence-corrected chi connectivity index (χ3v) is 4.39. The number of ether oxygens (including phenoxy) is 1. The predicted molar refractivity (Wildman–Crippen MR) is 80.8 cm³/mol. The lowest BCUT2D eigenvalue weighted by atomic mass is 9.86. The molecule has 1 N–H and O–H groups in total. The number of aliphatic hydroxyl groups excluding tert-OH is 1. The molecule has 1 aromatic carbocycles. The number of benzene rings is 1. The molecule has 0 fully saturated rings. The molecule has 0 saturated heterocycles. The molecule has 5 nitrogen and oxygen atoms in total. The average molecular weight is 314 g/mol. The lowest BCUT2D eigenvalue weighted by molar-refractivity contribution is -0.153. The van der Waals surface area contributed by atoms with E-state index >= 15 is 0 Å². The van der Waals surface area contributed by atoms with Crippen LogP contribution in [0.5, 0.6) is 0 Å². The van der Waals surface area contributed by atoms with Crippen LogP contribution in [0.1, 0.15) is 38.0 Å². The zero-order valence-corrected chi connectivity index (χ0v) is 13.6. The molecule has 0 radical (unpaired) electrons. The van der Waals surface area contributed by atoms with Gasteiger partial charge in [0.1, 0.15) is 9.84 Å². The van der Waals surface area contributed by atoms with E-state index in [1.807, 2.05) is 13.8 Å². The van der Waals surface area contributed by atoms with Crippen molar-refractivity contribution in [2.75, 3.05) is 18.6 Å². The van der Waals surface area contributed by atoms with Gasteiger partial charge in [0, 0.05) is 11.7 Å². The Kier molecular flexibility index (Phi) is 5.53. The number of carbonyl (C=O) groups excluding carboxylic acids is 1. The van der Waals surface area contributed by atoms with Gasteiger partial charge in [-0.3, -0.25) is 0 Å². The average Bonchev–Trinajstić information content (AvgIpc) is 2.35. The van der Waals surface area contributed by atoms with Crippen molar-refractivity contribution in [3.05, 3.63) is 35.4 Å². The first kappa shape index (κ1) is 17.7. The first-order valence-electron chi connectivity index (χ1n) is 6.69. The smallest absolute Gasteiger partial charge is 0.339 e. The number of carbonyl (C=O) groups is 1. The van der Waals surface area contributed by atoms with E-state index in [0.29, 0.717) is 5.56 Å². The SMILES string of the molecule is CCOC(=O)C(O)c1ccc(C(C)(C)CS(C)(=O)=O)cc1. The molecule has 0 saturated carbocycles. The standard InChI is InChI=1S/C15H22O5S/c1-5-20-14(17)13(16)11-6-8-12(9-7-11)15(2,3)10-21(4,18)19/h6-9,13,16H,5,10H2,1-4H3. The van der Waals surface area contributed by atoms with Gasteiger partial charge in [-0.15, -0.1) is 0 Å². The van der Waals surface area contributed by atoms with Crippen molar-refractivity contribution < 1.29 is 23.1 Å². The van der Waals surface area contributed by atoms with Gasteiger partial charge in [-0.05, 0) is 18.1 Å². The fourth-order valence-electron chi connectivity index (χ4n) is 2.21. The summed E-state index contributed by atoms with van der Waals surface area (Å²) in [4.78, 5) is 11.5. The van der Waals surface area contributed by atoms with Crippen LogP contribution in [0.4, 0.5) is 0 Å². The van der Waals surface area contributed by atoms with E-state index < -0.39 is 27.3 Å². The molecule has 0 aliphatic carbocycles. The van der Waals surface area contributed by atoms with Crippen molar-refractivity contribution in [2.45, 2.75) is 32.3 Å². The van der Waals surface area contributed by atoms with Crippen molar-refractivity contribution in [3.8, 4) is 0 Å². The second-order valence-electron chi connectivity index (χ2n) is 5.73. The molecule has 0 amide bonds. The summed E-state index contributed by atoms with van der Waals surface area (Å²) in [7, 11) is -3.10. The second-order valence-corrected chi connectivity index (χ2v) is 7.87. The fraction of sp³-hybridized carbons (Fsp3) is 0.533. The summed E-state index contributed by atoms with van der Waals surface area (Å²) in [5, 5.41) is 9.83. The number of esters is 1. The topological polar surface area (TPSA) is 80.7 Å². The first-order valence-corrected chi connectivity index (χ1v) is 8.76. The third-order valence-electron chi connectivity index (χ3n) is 3.14. The Labute approximate surface area is 125 Å².